The Labute approximate surface area is 167 Å². The number of ketones is 1. The first-order valence-corrected chi connectivity index (χ1v) is 9.74. The molecule has 0 saturated carbocycles. The van der Waals surface area contributed by atoms with Gasteiger partial charge in [-0.2, -0.15) is 0 Å². The molecule has 2 aromatic heterocycles. The third kappa shape index (κ3) is 4.83. The van der Waals surface area contributed by atoms with E-state index < -0.39 is 0 Å². The highest BCUT2D eigenvalue weighted by atomic mass is 16.1. The van der Waals surface area contributed by atoms with Crippen molar-refractivity contribution in [1.29, 1.82) is 0 Å². The van der Waals surface area contributed by atoms with Gasteiger partial charge in [-0.25, -0.2) is 4.98 Å². The van der Waals surface area contributed by atoms with Crippen LogP contribution in [0.1, 0.15) is 60.7 Å². The summed E-state index contributed by atoms with van der Waals surface area (Å²) in [6.45, 7) is 8.56. The topological polar surface area (TPSA) is 54.9 Å². The lowest BCUT2D eigenvalue weighted by atomic mass is 9.94. The zero-order valence-electron chi connectivity index (χ0n) is 16.9. The first kappa shape index (κ1) is 19.7. The lowest BCUT2D eigenvalue weighted by Gasteiger charge is -2.11. The van der Waals surface area contributed by atoms with E-state index in [2.05, 4.69) is 67.2 Å². The summed E-state index contributed by atoms with van der Waals surface area (Å²) in [4.78, 5) is 21.4. The van der Waals surface area contributed by atoms with E-state index in [1.54, 1.807) is 24.7 Å². The molecule has 0 fully saturated rings. The van der Waals surface area contributed by atoms with E-state index in [4.69, 9.17) is 0 Å². The van der Waals surface area contributed by atoms with Crippen LogP contribution in [0.25, 0.3) is 0 Å². The molecule has 144 valence electrons. The largest absolute Gasteiger partial charge is 0.340 e. The fourth-order valence-corrected chi connectivity index (χ4v) is 3.17. The molecule has 4 nitrogen and oxygen atoms in total. The van der Waals surface area contributed by atoms with E-state index >= 15 is 0 Å². The molecule has 0 aliphatic rings. The van der Waals surface area contributed by atoms with E-state index in [9.17, 15) is 4.79 Å². The van der Waals surface area contributed by atoms with Gasteiger partial charge < -0.3 is 5.32 Å². The number of hydrogen-bond acceptors (Lipinski definition) is 4. The molecule has 0 radical (unpaired) electrons. The second-order valence-corrected chi connectivity index (χ2v) is 7.80. The van der Waals surface area contributed by atoms with Gasteiger partial charge in [0.2, 0.25) is 0 Å². The van der Waals surface area contributed by atoms with Crippen LogP contribution in [0.4, 0.5) is 11.5 Å². The van der Waals surface area contributed by atoms with Gasteiger partial charge in [-0.15, -0.1) is 0 Å². The molecule has 0 atom stereocenters. The zero-order chi connectivity index (χ0) is 20.1. The van der Waals surface area contributed by atoms with Crippen LogP contribution in [0.2, 0.25) is 0 Å². The Bertz CT molecular complexity index is 929. The van der Waals surface area contributed by atoms with Crippen LogP contribution in [0.15, 0.2) is 61.1 Å². The van der Waals surface area contributed by atoms with Crippen molar-refractivity contribution in [3.05, 3.63) is 83.3 Å². The average Bonchev–Trinajstić information content (AvgIpc) is 2.69. The minimum absolute atomic E-state index is 0.0248. The van der Waals surface area contributed by atoms with Crippen LogP contribution >= 0.6 is 0 Å². The first-order chi connectivity index (χ1) is 13.4. The quantitative estimate of drug-likeness (QED) is 0.534. The Hall–Kier alpha value is -3.01. The van der Waals surface area contributed by atoms with Gasteiger partial charge >= 0.3 is 0 Å². The standard InChI is InChI=1S/C24H27N3O/c1-16(2)13-18-5-8-20(9-6-18)27-23-10-7-19(14-26-23)24(28)21-11-12-25-15-22(21)17(3)4/h5-12,14-17H,13H2,1-4H3,(H,26,27). The number of nitrogens with one attached hydrogen (secondary N) is 1. The first-order valence-electron chi connectivity index (χ1n) is 9.74. The molecule has 0 bridgehead atoms. The van der Waals surface area contributed by atoms with Crippen LogP contribution < -0.4 is 5.32 Å². The van der Waals surface area contributed by atoms with Crippen molar-refractivity contribution in [3.8, 4) is 0 Å². The zero-order valence-corrected chi connectivity index (χ0v) is 16.9. The highest BCUT2D eigenvalue weighted by Crippen LogP contribution is 2.22. The van der Waals surface area contributed by atoms with E-state index in [0.717, 1.165) is 17.7 Å². The lowest BCUT2D eigenvalue weighted by Crippen LogP contribution is -2.08. The molecular weight excluding hydrogens is 346 g/mol. The Balaban J connectivity index is 1.72. The van der Waals surface area contributed by atoms with Gasteiger partial charge in [0.25, 0.3) is 0 Å². The Morgan fingerprint density at radius 1 is 0.964 bits per heavy atom. The molecular formula is C24H27N3O. The van der Waals surface area contributed by atoms with Crippen molar-refractivity contribution >= 4 is 17.3 Å². The molecule has 3 rings (SSSR count). The highest BCUT2D eigenvalue weighted by Gasteiger charge is 2.16. The third-order valence-corrected chi connectivity index (χ3v) is 4.61. The molecule has 0 aliphatic heterocycles. The second-order valence-electron chi connectivity index (χ2n) is 7.80. The van der Waals surface area contributed by atoms with Gasteiger partial charge in [0, 0.05) is 35.4 Å². The van der Waals surface area contributed by atoms with E-state index in [0.29, 0.717) is 22.9 Å². The summed E-state index contributed by atoms with van der Waals surface area (Å²) in [7, 11) is 0. The maximum absolute atomic E-state index is 12.9. The SMILES string of the molecule is CC(C)Cc1ccc(Nc2ccc(C(=O)c3ccncc3C(C)C)cn2)cc1. The van der Waals surface area contributed by atoms with Gasteiger partial charge in [-0.1, -0.05) is 39.8 Å². The van der Waals surface area contributed by atoms with Gasteiger partial charge in [-0.05, 0) is 59.7 Å². The van der Waals surface area contributed by atoms with E-state index in [-0.39, 0.29) is 11.7 Å². The van der Waals surface area contributed by atoms with Crippen molar-refractivity contribution in [2.75, 3.05) is 5.32 Å². The van der Waals surface area contributed by atoms with Crippen LogP contribution in [0, 0.1) is 5.92 Å². The number of pyridine rings is 2. The van der Waals surface area contributed by atoms with E-state index in [1.165, 1.54) is 5.56 Å². The number of carbonyl (C=O) groups is 1. The average molecular weight is 374 g/mol. The van der Waals surface area contributed by atoms with Crippen molar-refractivity contribution in [2.24, 2.45) is 5.92 Å². The van der Waals surface area contributed by atoms with Crippen molar-refractivity contribution in [1.82, 2.24) is 9.97 Å². The molecule has 4 heteroatoms. The van der Waals surface area contributed by atoms with Crippen molar-refractivity contribution in [3.63, 3.8) is 0 Å². The van der Waals surface area contributed by atoms with Gasteiger partial charge in [0.1, 0.15) is 5.82 Å². The van der Waals surface area contributed by atoms with Crippen LogP contribution in [-0.4, -0.2) is 15.8 Å². The van der Waals surface area contributed by atoms with Gasteiger partial charge in [-0.3, -0.25) is 9.78 Å². The summed E-state index contributed by atoms with van der Waals surface area (Å²) < 4.78 is 0. The Kier molecular flexibility index (Phi) is 6.19. The number of anilines is 2. The molecule has 0 spiro atoms. The summed E-state index contributed by atoms with van der Waals surface area (Å²) in [5, 5.41) is 3.29. The maximum Gasteiger partial charge on any atom is 0.194 e. The minimum atomic E-state index is -0.0248. The number of hydrogen-bond donors (Lipinski definition) is 1. The Morgan fingerprint density at radius 3 is 2.32 bits per heavy atom. The number of benzene rings is 1. The number of nitrogens with zero attached hydrogens (tertiary/aromatic N) is 2. The molecule has 0 unspecified atom stereocenters. The highest BCUT2D eigenvalue weighted by molar-refractivity contribution is 6.09. The van der Waals surface area contributed by atoms with Crippen molar-refractivity contribution in [2.45, 2.75) is 40.0 Å². The van der Waals surface area contributed by atoms with Crippen molar-refractivity contribution < 1.29 is 4.79 Å². The fourth-order valence-electron chi connectivity index (χ4n) is 3.17. The third-order valence-electron chi connectivity index (χ3n) is 4.61. The summed E-state index contributed by atoms with van der Waals surface area (Å²) in [6, 6.07) is 13.8. The fraction of sp³-hybridized carbons (Fsp3) is 0.292. The molecule has 0 aliphatic carbocycles. The molecule has 1 N–H and O–H groups in total. The Morgan fingerprint density at radius 2 is 1.71 bits per heavy atom. The van der Waals surface area contributed by atoms with Gasteiger partial charge in [0.15, 0.2) is 5.78 Å². The minimum Gasteiger partial charge on any atom is -0.340 e. The predicted octanol–water partition coefficient (Wildman–Crippen LogP) is 5.77. The van der Waals surface area contributed by atoms with Gasteiger partial charge in [0.05, 0.1) is 0 Å². The summed E-state index contributed by atoms with van der Waals surface area (Å²) in [5.74, 6) is 1.57. The summed E-state index contributed by atoms with van der Waals surface area (Å²) in [6.07, 6.45) is 6.13. The smallest absolute Gasteiger partial charge is 0.194 e. The molecule has 0 saturated heterocycles. The molecule has 1 aromatic carbocycles. The van der Waals surface area contributed by atoms with Crippen LogP contribution in [-0.2, 0) is 6.42 Å². The second kappa shape index (κ2) is 8.79. The van der Waals surface area contributed by atoms with Crippen LogP contribution in [0.3, 0.4) is 0 Å². The molecule has 28 heavy (non-hydrogen) atoms. The number of aromatic nitrogens is 2. The van der Waals surface area contributed by atoms with Crippen LogP contribution in [0.5, 0.6) is 0 Å². The number of rotatable bonds is 7. The monoisotopic (exact) mass is 373 g/mol. The molecule has 2 heterocycles. The lowest BCUT2D eigenvalue weighted by molar-refractivity contribution is 0.103. The predicted molar refractivity (Wildman–Crippen MR) is 114 cm³/mol. The summed E-state index contributed by atoms with van der Waals surface area (Å²) >= 11 is 0. The summed E-state index contributed by atoms with van der Waals surface area (Å²) in [5.41, 5.74) is 4.53. The normalized spacial score (nSPS) is 11.1. The molecule has 3 aromatic rings. The number of carbonyl (C=O) groups excluding carboxylic acids is 1. The van der Waals surface area contributed by atoms with E-state index in [1.807, 2.05) is 12.1 Å². The molecule has 0 amide bonds. The maximum atomic E-state index is 12.9.